The summed E-state index contributed by atoms with van der Waals surface area (Å²) in [6.45, 7) is 3.35. The first-order valence-corrected chi connectivity index (χ1v) is 7.02. The summed E-state index contributed by atoms with van der Waals surface area (Å²) in [5, 5.41) is 3.16. The molecule has 1 aliphatic heterocycles. The van der Waals surface area contributed by atoms with Crippen molar-refractivity contribution in [1.82, 2.24) is 0 Å². The van der Waals surface area contributed by atoms with E-state index in [0.29, 0.717) is 22.4 Å². The Bertz CT molecular complexity index is 463. The van der Waals surface area contributed by atoms with Crippen molar-refractivity contribution in [1.29, 1.82) is 0 Å². The van der Waals surface area contributed by atoms with Crippen molar-refractivity contribution >= 4 is 29.0 Å². The molecule has 0 bridgehead atoms. The number of carbonyl (C=O) groups is 1. The molecule has 2 rings (SSSR count). The smallest absolute Gasteiger partial charge is 0.237 e. The summed E-state index contributed by atoms with van der Waals surface area (Å²) in [5.41, 5.74) is 6.91. The van der Waals surface area contributed by atoms with Gasteiger partial charge in [0.25, 0.3) is 0 Å². The zero-order valence-corrected chi connectivity index (χ0v) is 11.8. The number of rotatable bonds is 5. The number of thioether (sulfide) groups is 1. The highest BCUT2D eigenvalue weighted by Gasteiger charge is 2.25. The first kappa shape index (κ1) is 14.0. The van der Waals surface area contributed by atoms with Gasteiger partial charge in [0.1, 0.15) is 5.75 Å². The lowest BCUT2D eigenvalue weighted by Gasteiger charge is -2.27. The Balaban J connectivity index is 1.97. The number of nitrogens with two attached hydrogens (primary N) is 1. The summed E-state index contributed by atoms with van der Waals surface area (Å²) in [5.74, 6) is 0.525. The van der Waals surface area contributed by atoms with Crippen LogP contribution in [0.2, 0.25) is 0 Å². The minimum Gasteiger partial charge on any atom is -0.494 e. The van der Waals surface area contributed by atoms with Crippen molar-refractivity contribution in [2.45, 2.75) is 17.4 Å². The van der Waals surface area contributed by atoms with Gasteiger partial charge in [-0.3, -0.25) is 4.79 Å². The molecule has 1 heterocycles. The Hall–Kier alpha value is -1.40. The van der Waals surface area contributed by atoms with E-state index in [2.05, 4.69) is 5.32 Å². The lowest BCUT2D eigenvalue weighted by Crippen LogP contribution is -2.34. The molecule has 1 unspecified atom stereocenters. The van der Waals surface area contributed by atoms with Gasteiger partial charge in [-0.25, -0.2) is 0 Å². The molecule has 6 heteroatoms. The summed E-state index contributed by atoms with van der Waals surface area (Å²) in [4.78, 5) is 12.1. The van der Waals surface area contributed by atoms with Gasteiger partial charge in [0.2, 0.25) is 5.91 Å². The molecule has 1 fully saturated rings. The van der Waals surface area contributed by atoms with E-state index in [0.717, 1.165) is 13.2 Å². The van der Waals surface area contributed by atoms with E-state index in [1.165, 1.54) is 0 Å². The number of nitrogen functional groups attached to an aromatic ring is 1. The standard InChI is InChI=1S/C13H18N2O3S/c1-8(19-10-6-18-7-10)13(16)15-11-4-3-9(14)5-12(11)17-2/h3-5,8,10H,6-7,14H2,1-2H3,(H,15,16). The Labute approximate surface area is 116 Å². The van der Waals surface area contributed by atoms with Gasteiger partial charge < -0.3 is 20.5 Å². The molecule has 19 heavy (non-hydrogen) atoms. The van der Waals surface area contributed by atoms with Crippen LogP contribution in [-0.4, -0.2) is 36.7 Å². The topological polar surface area (TPSA) is 73.6 Å². The van der Waals surface area contributed by atoms with Gasteiger partial charge in [-0.1, -0.05) is 0 Å². The van der Waals surface area contributed by atoms with Crippen molar-refractivity contribution in [3.05, 3.63) is 18.2 Å². The molecule has 104 valence electrons. The third-order valence-electron chi connectivity index (χ3n) is 2.86. The number of hydrogen-bond acceptors (Lipinski definition) is 5. The quantitative estimate of drug-likeness (QED) is 0.805. The van der Waals surface area contributed by atoms with E-state index in [1.54, 1.807) is 37.1 Å². The van der Waals surface area contributed by atoms with Crippen LogP contribution in [-0.2, 0) is 9.53 Å². The SMILES string of the molecule is COc1cc(N)ccc1NC(=O)C(C)SC1COC1. The van der Waals surface area contributed by atoms with E-state index >= 15 is 0 Å². The fraction of sp³-hybridized carbons (Fsp3) is 0.462. The lowest BCUT2D eigenvalue weighted by molar-refractivity contribution is -0.115. The summed E-state index contributed by atoms with van der Waals surface area (Å²) >= 11 is 1.63. The lowest BCUT2D eigenvalue weighted by atomic mass is 10.2. The molecule has 1 aromatic rings. The van der Waals surface area contributed by atoms with Gasteiger partial charge in [0.15, 0.2) is 0 Å². The molecule has 1 atom stereocenters. The van der Waals surface area contributed by atoms with Crippen LogP contribution in [0, 0.1) is 0 Å². The minimum absolute atomic E-state index is 0.0417. The maximum atomic E-state index is 12.1. The van der Waals surface area contributed by atoms with E-state index in [-0.39, 0.29) is 11.2 Å². The third kappa shape index (κ3) is 3.54. The van der Waals surface area contributed by atoms with Crippen molar-refractivity contribution in [3.8, 4) is 5.75 Å². The van der Waals surface area contributed by atoms with Gasteiger partial charge in [0.05, 0.1) is 36.5 Å². The maximum absolute atomic E-state index is 12.1. The molecular weight excluding hydrogens is 264 g/mol. The van der Waals surface area contributed by atoms with Crippen LogP contribution >= 0.6 is 11.8 Å². The number of benzene rings is 1. The first-order valence-electron chi connectivity index (χ1n) is 6.07. The van der Waals surface area contributed by atoms with Crippen LogP contribution in [0.15, 0.2) is 18.2 Å². The van der Waals surface area contributed by atoms with Gasteiger partial charge in [0, 0.05) is 11.8 Å². The molecule has 3 N–H and O–H groups in total. The summed E-state index contributed by atoms with van der Waals surface area (Å²) in [6.07, 6.45) is 0. The second-order valence-electron chi connectivity index (χ2n) is 4.39. The molecule has 0 spiro atoms. The van der Waals surface area contributed by atoms with Crippen LogP contribution in [0.1, 0.15) is 6.92 Å². The molecule has 5 nitrogen and oxygen atoms in total. The Morgan fingerprint density at radius 1 is 1.58 bits per heavy atom. The number of methoxy groups -OCH3 is 1. The van der Waals surface area contributed by atoms with Crippen LogP contribution in [0.25, 0.3) is 0 Å². The molecule has 0 saturated carbocycles. The van der Waals surface area contributed by atoms with Crippen molar-refractivity contribution in [2.75, 3.05) is 31.4 Å². The van der Waals surface area contributed by atoms with Crippen LogP contribution in [0.4, 0.5) is 11.4 Å². The number of hydrogen-bond donors (Lipinski definition) is 2. The van der Waals surface area contributed by atoms with Gasteiger partial charge in [-0.15, -0.1) is 11.8 Å². The second kappa shape index (κ2) is 6.16. The summed E-state index contributed by atoms with van der Waals surface area (Å²) in [6, 6.07) is 5.17. The van der Waals surface area contributed by atoms with Crippen molar-refractivity contribution < 1.29 is 14.3 Å². The maximum Gasteiger partial charge on any atom is 0.237 e. The monoisotopic (exact) mass is 282 g/mol. The number of ether oxygens (including phenoxy) is 2. The molecule has 1 amide bonds. The summed E-state index contributed by atoms with van der Waals surface area (Å²) < 4.78 is 10.3. The molecule has 0 aliphatic carbocycles. The Morgan fingerprint density at radius 3 is 2.89 bits per heavy atom. The Kier molecular flexibility index (Phi) is 4.55. The highest BCUT2D eigenvalue weighted by molar-refractivity contribution is 8.01. The van der Waals surface area contributed by atoms with Gasteiger partial charge in [-0.05, 0) is 19.1 Å². The molecule has 0 aromatic heterocycles. The normalized spacial score (nSPS) is 16.5. The molecule has 0 radical (unpaired) electrons. The minimum atomic E-state index is -0.129. The highest BCUT2D eigenvalue weighted by Crippen LogP contribution is 2.29. The third-order valence-corrected chi connectivity index (χ3v) is 4.14. The van der Waals surface area contributed by atoms with Gasteiger partial charge in [-0.2, -0.15) is 0 Å². The Morgan fingerprint density at radius 2 is 2.32 bits per heavy atom. The first-order chi connectivity index (χ1) is 9.10. The van der Waals surface area contributed by atoms with Crippen LogP contribution in [0.5, 0.6) is 5.75 Å². The zero-order valence-electron chi connectivity index (χ0n) is 11.0. The number of amides is 1. The second-order valence-corrected chi connectivity index (χ2v) is 6.03. The molecule has 1 aromatic carbocycles. The number of carbonyl (C=O) groups excluding carboxylic acids is 1. The van der Waals surface area contributed by atoms with E-state index < -0.39 is 0 Å². The molecule has 1 aliphatic rings. The summed E-state index contributed by atoms with van der Waals surface area (Å²) in [7, 11) is 1.55. The average molecular weight is 282 g/mol. The van der Waals surface area contributed by atoms with Crippen molar-refractivity contribution in [2.24, 2.45) is 0 Å². The highest BCUT2D eigenvalue weighted by atomic mass is 32.2. The zero-order chi connectivity index (χ0) is 13.8. The predicted molar refractivity (Wildman–Crippen MR) is 77.7 cm³/mol. The van der Waals surface area contributed by atoms with E-state index in [1.807, 2.05) is 6.92 Å². The van der Waals surface area contributed by atoms with E-state index in [4.69, 9.17) is 15.2 Å². The average Bonchev–Trinajstić information content (AvgIpc) is 2.35. The van der Waals surface area contributed by atoms with E-state index in [9.17, 15) is 4.79 Å². The fourth-order valence-electron chi connectivity index (χ4n) is 1.69. The predicted octanol–water partition coefficient (Wildman–Crippen LogP) is 1.74. The fourth-order valence-corrected chi connectivity index (χ4v) is 2.80. The largest absolute Gasteiger partial charge is 0.494 e. The van der Waals surface area contributed by atoms with Crippen molar-refractivity contribution in [3.63, 3.8) is 0 Å². The van der Waals surface area contributed by atoms with Crippen LogP contribution in [0.3, 0.4) is 0 Å². The van der Waals surface area contributed by atoms with Crippen LogP contribution < -0.4 is 15.8 Å². The number of anilines is 2. The van der Waals surface area contributed by atoms with Gasteiger partial charge >= 0.3 is 0 Å². The molecule has 1 saturated heterocycles. The number of nitrogens with one attached hydrogen (secondary N) is 1. The molecular formula is C13H18N2O3S.